The molecule has 1 atom stereocenters. The van der Waals surface area contributed by atoms with E-state index in [1.54, 1.807) is 29.2 Å². The Morgan fingerprint density at radius 1 is 1.12 bits per heavy atom. The highest BCUT2D eigenvalue weighted by Gasteiger charge is 2.36. The van der Waals surface area contributed by atoms with Gasteiger partial charge in [0, 0.05) is 30.3 Å². The molecule has 0 radical (unpaired) electrons. The molecule has 2 heterocycles. The predicted octanol–water partition coefficient (Wildman–Crippen LogP) is 5.70. The zero-order valence-corrected chi connectivity index (χ0v) is 18.6. The first-order valence-electron chi connectivity index (χ1n) is 10.4. The van der Waals surface area contributed by atoms with Gasteiger partial charge in [-0.15, -0.1) is 16.5 Å². The number of aliphatic imine (C=N–C) groups is 1. The van der Waals surface area contributed by atoms with Crippen LogP contribution in [0, 0.1) is 4.91 Å². The van der Waals surface area contributed by atoms with Crippen LogP contribution in [0.4, 0.5) is 17.1 Å². The molecule has 0 saturated carbocycles. The van der Waals surface area contributed by atoms with Crippen LogP contribution in [0.15, 0.2) is 64.8 Å². The maximum absolute atomic E-state index is 13.5. The number of methoxy groups -OCH3 is 1. The van der Waals surface area contributed by atoms with Crippen molar-refractivity contribution in [2.45, 2.75) is 24.9 Å². The number of amides is 1. The molecule has 0 N–H and O–H groups in total. The normalized spacial score (nSPS) is 16.0. The Balaban J connectivity index is 1.47. The van der Waals surface area contributed by atoms with E-state index in [9.17, 15) is 9.70 Å². The smallest absolute Gasteiger partial charge is 0.261 e. The lowest BCUT2D eigenvalue weighted by molar-refractivity contribution is 0.0986. The van der Waals surface area contributed by atoms with Crippen LogP contribution in [-0.2, 0) is 18.9 Å². The quantitative estimate of drug-likeness (QED) is 0.348. The molecule has 2 aliphatic heterocycles. The molecule has 33 heavy (non-hydrogen) atoms. The zero-order chi connectivity index (χ0) is 22.9. The van der Waals surface area contributed by atoms with Gasteiger partial charge in [0.25, 0.3) is 5.91 Å². The highest BCUT2D eigenvalue weighted by atomic mass is 35.5. The number of ether oxygens (including phenoxy) is 2. The fourth-order valence-corrected chi connectivity index (χ4v) is 4.46. The fourth-order valence-electron chi connectivity index (χ4n) is 4.31. The summed E-state index contributed by atoms with van der Waals surface area (Å²) in [6.45, 7) is 0.169. The van der Waals surface area contributed by atoms with E-state index >= 15 is 0 Å². The molecule has 0 spiro atoms. The Hall–Kier alpha value is -3.71. The molecule has 0 saturated heterocycles. The van der Waals surface area contributed by atoms with Crippen molar-refractivity contribution in [2.75, 3.05) is 12.0 Å². The summed E-state index contributed by atoms with van der Waals surface area (Å²) in [5.41, 5.74) is 4.81. The second kappa shape index (κ2) is 8.67. The molecule has 5 rings (SSSR count). The van der Waals surface area contributed by atoms with Crippen LogP contribution < -0.4 is 14.4 Å². The number of carbonyl (C=O) groups is 1. The second-order valence-corrected chi connectivity index (χ2v) is 8.16. The topological polar surface area (TPSA) is 80.6 Å². The average Bonchev–Trinajstić information content (AvgIpc) is 3.17. The van der Waals surface area contributed by atoms with Crippen LogP contribution >= 0.6 is 11.6 Å². The molecule has 8 heteroatoms. The lowest BCUT2D eigenvalue weighted by Crippen LogP contribution is -2.37. The van der Waals surface area contributed by atoms with Gasteiger partial charge in [0.2, 0.25) is 0 Å². The van der Waals surface area contributed by atoms with Crippen molar-refractivity contribution in [3.05, 3.63) is 81.8 Å². The molecular formula is C25H20ClN3O4. The lowest BCUT2D eigenvalue weighted by atomic mass is 10.1. The van der Waals surface area contributed by atoms with Gasteiger partial charge in [-0.3, -0.25) is 14.7 Å². The highest BCUT2D eigenvalue weighted by Crippen LogP contribution is 2.41. The van der Waals surface area contributed by atoms with Crippen molar-refractivity contribution >= 4 is 40.8 Å². The van der Waals surface area contributed by atoms with Crippen molar-refractivity contribution < 1.29 is 14.3 Å². The van der Waals surface area contributed by atoms with Gasteiger partial charge in [-0.05, 0) is 46.1 Å². The first-order valence-corrected chi connectivity index (χ1v) is 11.0. The molecule has 2 aliphatic rings. The molecule has 0 aliphatic carbocycles. The van der Waals surface area contributed by atoms with Crippen LogP contribution in [-0.4, -0.2) is 25.3 Å². The van der Waals surface area contributed by atoms with Gasteiger partial charge < -0.3 is 9.47 Å². The minimum atomic E-state index is -0.134. The average molecular weight is 462 g/mol. The molecule has 7 nitrogen and oxygen atoms in total. The van der Waals surface area contributed by atoms with Crippen molar-refractivity contribution in [1.29, 1.82) is 0 Å². The van der Waals surface area contributed by atoms with Crippen molar-refractivity contribution in [2.24, 2.45) is 10.2 Å². The third kappa shape index (κ3) is 3.85. The van der Waals surface area contributed by atoms with Gasteiger partial charge in [0.15, 0.2) is 11.5 Å². The van der Waals surface area contributed by atoms with Gasteiger partial charge in [0.1, 0.15) is 12.3 Å². The maximum Gasteiger partial charge on any atom is 0.261 e. The van der Waals surface area contributed by atoms with Gasteiger partial charge in [0.05, 0.1) is 24.4 Å². The van der Waals surface area contributed by atoms with Gasteiger partial charge in [-0.2, -0.15) is 0 Å². The number of benzene rings is 3. The molecule has 0 fully saturated rings. The summed E-state index contributed by atoms with van der Waals surface area (Å²) in [4.78, 5) is 30.9. The van der Waals surface area contributed by atoms with Crippen LogP contribution in [0.1, 0.15) is 27.0 Å². The summed E-state index contributed by atoms with van der Waals surface area (Å²) in [6.07, 6.45) is 2.54. The Labute approximate surface area is 195 Å². The number of anilines is 1. The Kier molecular flexibility index (Phi) is 5.56. The third-order valence-corrected chi connectivity index (χ3v) is 6.13. The summed E-state index contributed by atoms with van der Waals surface area (Å²) in [5.74, 6) is 1.00. The molecule has 166 valence electrons. The number of alkyl halides is 1. The van der Waals surface area contributed by atoms with Crippen molar-refractivity contribution in [1.82, 2.24) is 0 Å². The molecule has 0 aromatic heterocycles. The maximum atomic E-state index is 13.5. The summed E-state index contributed by atoms with van der Waals surface area (Å²) < 4.78 is 11.5. The Morgan fingerprint density at radius 2 is 1.94 bits per heavy atom. The van der Waals surface area contributed by atoms with Gasteiger partial charge in [-0.25, -0.2) is 0 Å². The number of nitrogens with zero attached hydrogens (tertiary/aromatic N) is 3. The van der Waals surface area contributed by atoms with E-state index in [0.717, 1.165) is 28.8 Å². The zero-order valence-electron chi connectivity index (χ0n) is 17.8. The van der Waals surface area contributed by atoms with Crippen LogP contribution in [0.3, 0.4) is 0 Å². The summed E-state index contributed by atoms with van der Waals surface area (Å²) in [6, 6.07) is 16.3. The number of hydrogen-bond acceptors (Lipinski definition) is 6. The molecular weight excluding hydrogens is 442 g/mol. The molecule has 3 aromatic carbocycles. The van der Waals surface area contributed by atoms with E-state index in [1.807, 2.05) is 36.5 Å². The van der Waals surface area contributed by atoms with E-state index in [0.29, 0.717) is 22.7 Å². The third-order valence-electron chi connectivity index (χ3n) is 5.82. The van der Waals surface area contributed by atoms with E-state index in [-0.39, 0.29) is 30.1 Å². The predicted molar refractivity (Wildman–Crippen MR) is 128 cm³/mol. The van der Waals surface area contributed by atoms with Crippen LogP contribution in [0.25, 0.3) is 0 Å². The molecule has 3 aromatic rings. The number of rotatable bonds is 6. The number of carbonyl (C=O) groups excluding carboxylic acids is 1. The standard InChI is InChI=1S/C25H20ClN3O4/c1-32-23-10-20-21(11-24(23)33-14-16-6-15(12-26)7-18(8-16)28-31)27-13-19-9-17-4-2-3-5-22(17)29(19)25(20)30/h2-8,10-11,13,19H,9,12,14H2,1H3/t19-/m0/s1. The molecule has 1 amide bonds. The first kappa shape index (κ1) is 21.2. The number of nitroso groups, excluding NO2 is 1. The summed E-state index contributed by atoms with van der Waals surface area (Å²) in [5, 5.41) is 3.00. The number of para-hydroxylation sites is 1. The number of hydrogen-bond donors (Lipinski definition) is 0. The fraction of sp³-hybridized carbons (Fsp3) is 0.200. The monoisotopic (exact) mass is 461 g/mol. The van der Waals surface area contributed by atoms with Gasteiger partial charge >= 0.3 is 0 Å². The highest BCUT2D eigenvalue weighted by molar-refractivity contribution is 6.17. The summed E-state index contributed by atoms with van der Waals surface area (Å²) in [7, 11) is 1.52. The van der Waals surface area contributed by atoms with E-state index < -0.39 is 0 Å². The first-order chi connectivity index (χ1) is 16.1. The van der Waals surface area contributed by atoms with Crippen molar-refractivity contribution in [3.63, 3.8) is 0 Å². The van der Waals surface area contributed by atoms with Gasteiger partial charge in [-0.1, -0.05) is 24.3 Å². The molecule has 0 unspecified atom stereocenters. The van der Waals surface area contributed by atoms with E-state index in [4.69, 9.17) is 21.1 Å². The molecule has 0 bridgehead atoms. The number of fused-ring (bicyclic) bond motifs is 4. The Morgan fingerprint density at radius 3 is 2.73 bits per heavy atom. The van der Waals surface area contributed by atoms with E-state index in [2.05, 4.69) is 10.2 Å². The Bertz CT molecular complexity index is 1290. The minimum absolute atomic E-state index is 0.126. The van der Waals surface area contributed by atoms with Crippen LogP contribution in [0.2, 0.25) is 0 Å². The summed E-state index contributed by atoms with van der Waals surface area (Å²) >= 11 is 5.92. The minimum Gasteiger partial charge on any atom is -0.493 e. The largest absolute Gasteiger partial charge is 0.493 e. The van der Waals surface area contributed by atoms with E-state index in [1.165, 1.54) is 7.11 Å². The van der Waals surface area contributed by atoms with Crippen molar-refractivity contribution in [3.8, 4) is 11.5 Å². The second-order valence-electron chi connectivity index (χ2n) is 7.90. The lowest BCUT2D eigenvalue weighted by Gasteiger charge is -2.22. The SMILES string of the molecule is COc1cc2c(cc1OCc1cc(CCl)cc(N=O)c1)N=C[C@@H]1Cc3ccccc3N1C2=O. The van der Waals surface area contributed by atoms with Crippen LogP contribution in [0.5, 0.6) is 11.5 Å². The number of halogens is 1.